The monoisotopic (exact) mass is 373 g/mol. The van der Waals surface area contributed by atoms with Crippen LogP contribution in [0.1, 0.15) is 29.6 Å². The van der Waals surface area contributed by atoms with E-state index in [4.69, 9.17) is 0 Å². The van der Waals surface area contributed by atoms with E-state index in [1.807, 2.05) is 23.6 Å². The van der Waals surface area contributed by atoms with Gasteiger partial charge in [-0.3, -0.25) is 4.79 Å². The summed E-state index contributed by atoms with van der Waals surface area (Å²) in [5.41, 5.74) is 1.28. The molecular weight excluding hydrogens is 350 g/mol. The van der Waals surface area contributed by atoms with E-state index < -0.39 is 11.4 Å². The van der Waals surface area contributed by atoms with Crippen molar-refractivity contribution in [2.75, 3.05) is 13.1 Å². The van der Waals surface area contributed by atoms with Gasteiger partial charge in [-0.15, -0.1) is 11.3 Å². The van der Waals surface area contributed by atoms with E-state index in [-0.39, 0.29) is 12.6 Å². The zero-order chi connectivity index (χ0) is 18.6. The van der Waals surface area contributed by atoms with Crippen LogP contribution in [0.3, 0.4) is 0 Å². The van der Waals surface area contributed by atoms with Crippen molar-refractivity contribution in [2.45, 2.75) is 32.7 Å². The Balaban J connectivity index is 1.46. The molecule has 2 heterocycles. The standard InChI is InChI=1S/C19H23N3O3S/c1-19(17(23)24)9-10-22(13-19)18(25)20-11-15-12-26-16(21-15)8-7-14-5-3-2-4-6-14/h2-6,12H,7-11,13H2,1H3,(H,20,25)(H,23,24). The molecule has 0 aliphatic carbocycles. The number of nitrogens with zero attached hydrogens (tertiary/aromatic N) is 2. The lowest BCUT2D eigenvalue weighted by molar-refractivity contribution is -0.147. The average Bonchev–Trinajstić information content (AvgIpc) is 3.26. The number of aliphatic carboxylic acids is 1. The summed E-state index contributed by atoms with van der Waals surface area (Å²) in [6.07, 6.45) is 2.31. The van der Waals surface area contributed by atoms with Crippen LogP contribution in [0.5, 0.6) is 0 Å². The number of carbonyl (C=O) groups excluding carboxylic acids is 1. The Kier molecular flexibility index (Phi) is 5.56. The van der Waals surface area contributed by atoms with Crippen molar-refractivity contribution in [1.82, 2.24) is 15.2 Å². The highest BCUT2D eigenvalue weighted by Crippen LogP contribution is 2.30. The number of aryl methyl sites for hydroxylation is 2. The molecule has 6 nitrogen and oxygen atoms in total. The van der Waals surface area contributed by atoms with Crippen molar-refractivity contribution in [1.29, 1.82) is 0 Å². The van der Waals surface area contributed by atoms with Crippen molar-refractivity contribution in [3.63, 3.8) is 0 Å². The number of rotatable bonds is 6. The fourth-order valence-electron chi connectivity index (χ4n) is 3.03. The lowest BCUT2D eigenvalue weighted by atomic mass is 9.90. The molecule has 1 fully saturated rings. The highest BCUT2D eigenvalue weighted by atomic mass is 32.1. The third-order valence-electron chi connectivity index (χ3n) is 4.77. The summed E-state index contributed by atoms with van der Waals surface area (Å²) >= 11 is 1.60. The molecule has 1 unspecified atom stereocenters. The van der Waals surface area contributed by atoms with Gasteiger partial charge in [-0.25, -0.2) is 9.78 Å². The van der Waals surface area contributed by atoms with Crippen LogP contribution < -0.4 is 5.32 Å². The van der Waals surface area contributed by atoms with E-state index in [0.717, 1.165) is 23.5 Å². The zero-order valence-corrected chi connectivity index (χ0v) is 15.6. The van der Waals surface area contributed by atoms with E-state index >= 15 is 0 Å². The third-order valence-corrected chi connectivity index (χ3v) is 5.72. The lowest BCUT2D eigenvalue weighted by Gasteiger charge is -2.20. The summed E-state index contributed by atoms with van der Waals surface area (Å²) in [7, 11) is 0. The number of carbonyl (C=O) groups is 2. The van der Waals surface area contributed by atoms with Crippen LogP contribution in [-0.4, -0.2) is 40.1 Å². The number of benzene rings is 1. The Morgan fingerprint density at radius 2 is 2.08 bits per heavy atom. The number of thiazole rings is 1. The molecule has 2 amide bonds. The summed E-state index contributed by atoms with van der Waals surface area (Å²) in [5.74, 6) is -0.852. The number of amides is 2. The fraction of sp³-hybridized carbons (Fsp3) is 0.421. The van der Waals surface area contributed by atoms with E-state index in [2.05, 4.69) is 22.4 Å². The Morgan fingerprint density at radius 3 is 2.77 bits per heavy atom. The first-order valence-electron chi connectivity index (χ1n) is 8.70. The van der Waals surface area contributed by atoms with Crippen molar-refractivity contribution in [3.8, 4) is 0 Å². The molecule has 1 aromatic carbocycles. The van der Waals surface area contributed by atoms with Crippen LogP contribution in [0.15, 0.2) is 35.7 Å². The first kappa shape index (κ1) is 18.4. The Hall–Kier alpha value is -2.41. The number of hydrogen-bond donors (Lipinski definition) is 2. The normalized spacial score (nSPS) is 19.5. The third kappa shape index (κ3) is 4.40. The van der Waals surface area contributed by atoms with Gasteiger partial charge in [-0.2, -0.15) is 0 Å². The second kappa shape index (κ2) is 7.86. The smallest absolute Gasteiger partial charge is 0.317 e. The van der Waals surface area contributed by atoms with E-state index in [1.165, 1.54) is 5.56 Å². The van der Waals surface area contributed by atoms with Crippen LogP contribution in [0.2, 0.25) is 0 Å². The molecule has 3 rings (SSSR count). The quantitative estimate of drug-likeness (QED) is 0.816. The molecule has 2 N–H and O–H groups in total. The molecule has 0 bridgehead atoms. The van der Waals surface area contributed by atoms with Gasteiger partial charge in [0, 0.05) is 24.9 Å². The molecule has 2 aromatic rings. The molecular formula is C19H23N3O3S. The molecule has 26 heavy (non-hydrogen) atoms. The van der Waals surface area contributed by atoms with Gasteiger partial charge in [0.1, 0.15) is 0 Å². The summed E-state index contributed by atoms with van der Waals surface area (Å²) in [4.78, 5) is 29.7. The molecule has 1 aromatic heterocycles. The molecule has 0 saturated carbocycles. The SMILES string of the molecule is CC1(C(=O)O)CCN(C(=O)NCc2csc(CCc3ccccc3)n2)C1. The minimum absolute atomic E-state index is 0.228. The van der Waals surface area contributed by atoms with Gasteiger partial charge in [-0.1, -0.05) is 30.3 Å². The van der Waals surface area contributed by atoms with Crippen molar-refractivity contribution >= 4 is 23.3 Å². The summed E-state index contributed by atoms with van der Waals surface area (Å²) in [6.45, 7) is 2.75. The lowest BCUT2D eigenvalue weighted by Crippen LogP contribution is -2.40. The molecule has 0 spiro atoms. The number of likely N-dealkylation sites (tertiary alicyclic amines) is 1. The van der Waals surface area contributed by atoms with Crippen LogP contribution in [0.4, 0.5) is 4.79 Å². The largest absolute Gasteiger partial charge is 0.481 e. The minimum Gasteiger partial charge on any atom is -0.481 e. The fourth-order valence-corrected chi connectivity index (χ4v) is 3.83. The molecule has 1 saturated heterocycles. The van der Waals surface area contributed by atoms with Gasteiger partial charge in [0.2, 0.25) is 0 Å². The van der Waals surface area contributed by atoms with Crippen LogP contribution in [0.25, 0.3) is 0 Å². The molecule has 7 heteroatoms. The summed E-state index contributed by atoms with van der Waals surface area (Å²) in [6, 6.07) is 10.1. The molecule has 1 atom stereocenters. The number of hydrogen-bond acceptors (Lipinski definition) is 4. The van der Waals surface area contributed by atoms with Gasteiger partial charge < -0.3 is 15.3 Å². The highest BCUT2D eigenvalue weighted by Gasteiger charge is 2.42. The van der Waals surface area contributed by atoms with Crippen LogP contribution >= 0.6 is 11.3 Å². The van der Waals surface area contributed by atoms with E-state index in [0.29, 0.717) is 19.5 Å². The zero-order valence-electron chi connectivity index (χ0n) is 14.8. The molecule has 1 aliphatic rings. The summed E-state index contributed by atoms with van der Waals surface area (Å²) in [5, 5.41) is 15.1. The van der Waals surface area contributed by atoms with Gasteiger partial charge in [0.15, 0.2) is 0 Å². The minimum atomic E-state index is -0.852. The maximum atomic E-state index is 12.2. The first-order valence-corrected chi connectivity index (χ1v) is 9.58. The van der Waals surface area contributed by atoms with Gasteiger partial charge in [-0.05, 0) is 25.3 Å². The maximum Gasteiger partial charge on any atom is 0.317 e. The second-order valence-electron chi connectivity index (χ2n) is 6.91. The number of carboxylic acid groups (broad SMARTS) is 1. The first-order chi connectivity index (χ1) is 12.5. The highest BCUT2D eigenvalue weighted by molar-refractivity contribution is 7.09. The molecule has 0 radical (unpaired) electrons. The van der Waals surface area contributed by atoms with Gasteiger partial charge in [0.05, 0.1) is 22.7 Å². The Morgan fingerprint density at radius 1 is 1.31 bits per heavy atom. The number of aromatic nitrogens is 1. The summed E-state index contributed by atoms with van der Waals surface area (Å²) < 4.78 is 0. The average molecular weight is 373 g/mol. The van der Waals surface area contributed by atoms with Crippen molar-refractivity contribution in [2.24, 2.45) is 5.41 Å². The van der Waals surface area contributed by atoms with Crippen molar-refractivity contribution < 1.29 is 14.7 Å². The number of nitrogens with one attached hydrogen (secondary N) is 1. The number of carboxylic acids is 1. The molecule has 138 valence electrons. The Labute approximate surface area is 156 Å². The Bertz CT molecular complexity index is 777. The number of urea groups is 1. The second-order valence-corrected chi connectivity index (χ2v) is 7.86. The van der Waals surface area contributed by atoms with Crippen molar-refractivity contribution in [3.05, 3.63) is 52.0 Å². The predicted octanol–water partition coefficient (Wildman–Crippen LogP) is 2.93. The predicted molar refractivity (Wildman–Crippen MR) is 100 cm³/mol. The van der Waals surface area contributed by atoms with E-state index in [1.54, 1.807) is 23.2 Å². The van der Waals surface area contributed by atoms with Gasteiger partial charge in [0.25, 0.3) is 0 Å². The van der Waals surface area contributed by atoms with Crippen LogP contribution in [-0.2, 0) is 24.2 Å². The van der Waals surface area contributed by atoms with Crippen LogP contribution in [0, 0.1) is 5.41 Å². The maximum absolute atomic E-state index is 12.2. The van der Waals surface area contributed by atoms with Gasteiger partial charge >= 0.3 is 12.0 Å². The topological polar surface area (TPSA) is 82.5 Å². The van der Waals surface area contributed by atoms with E-state index in [9.17, 15) is 14.7 Å². The molecule has 1 aliphatic heterocycles.